The highest BCUT2D eigenvalue weighted by Gasteiger charge is 2.25. The molecule has 0 aromatic carbocycles. The normalized spacial score (nSPS) is 15.6. The third-order valence-electron chi connectivity index (χ3n) is 4.39. The molecule has 0 radical (unpaired) electrons. The van der Waals surface area contributed by atoms with Gasteiger partial charge in [0.2, 0.25) is 0 Å². The maximum Gasteiger partial charge on any atom is 0.322 e. The predicted octanol–water partition coefficient (Wildman–Crippen LogP) is 5.96. The fourth-order valence-corrected chi connectivity index (χ4v) is 3.86. The van der Waals surface area contributed by atoms with Gasteiger partial charge in [0.25, 0.3) is 0 Å². The Hall–Kier alpha value is -0.750. The van der Waals surface area contributed by atoms with E-state index in [1.807, 2.05) is 0 Å². The van der Waals surface area contributed by atoms with Gasteiger partial charge in [0, 0.05) is 12.0 Å². The van der Waals surface area contributed by atoms with Crippen LogP contribution in [-0.2, 0) is 19.1 Å². The molecular weight excluding hydrogens is 376 g/mol. The minimum absolute atomic E-state index is 0.175. The van der Waals surface area contributed by atoms with Crippen LogP contribution >= 0.6 is 12.0 Å². The molecule has 0 saturated heterocycles. The zero-order chi connectivity index (χ0) is 22.0. The van der Waals surface area contributed by atoms with Gasteiger partial charge in [-0.15, -0.1) is 0 Å². The SMILES string of the molecule is CC(CCOC(=O)CC(SO)C(=O)OCCC(C)CC(C)(C)C)CC(C)(C)C. The van der Waals surface area contributed by atoms with E-state index in [-0.39, 0.29) is 17.3 Å². The lowest BCUT2D eigenvalue weighted by atomic mass is 9.84. The van der Waals surface area contributed by atoms with E-state index in [2.05, 4.69) is 55.4 Å². The first kappa shape index (κ1) is 27.2. The van der Waals surface area contributed by atoms with Crippen LogP contribution < -0.4 is 0 Å². The van der Waals surface area contributed by atoms with Crippen molar-refractivity contribution in [1.82, 2.24) is 0 Å². The van der Waals surface area contributed by atoms with Crippen LogP contribution in [0.2, 0.25) is 0 Å². The molecule has 0 aliphatic rings. The molecule has 0 heterocycles. The number of carbonyl (C=O) groups is 2. The fourth-order valence-electron chi connectivity index (χ4n) is 3.50. The molecule has 0 rings (SSSR count). The van der Waals surface area contributed by atoms with Crippen LogP contribution in [0.5, 0.6) is 0 Å². The smallest absolute Gasteiger partial charge is 0.322 e. The molecule has 28 heavy (non-hydrogen) atoms. The molecule has 3 atom stereocenters. The van der Waals surface area contributed by atoms with Gasteiger partial charge in [-0.2, -0.15) is 0 Å². The van der Waals surface area contributed by atoms with Crippen molar-refractivity contribution in [2.45, 2.75) is 92.7 Å². The van der Waals surface area contributed by atoms with Crippen molar-refractivity contribution in [2.75, 3.05) is 13.2 Å². The monoisotopic (exact) mass is 418 g/mol. The summed E-state index contributed by atoms with van der Waals surface area (Å²) in [6.07, 6.45) is 3.48. The molecule has 166 valence electrons. The van der Waals surface area contributed by atoms with Gasteiger partial charge < -0.3 is 14.0 Å². The van der Waals surface area contributed by atoms with Gasteiger partial charge >= 0.3 is 11.9 Å². The second-order valence-electron chi connectivity index (χ2n) is 10.5. The van der Waals surface area contributed by atoms with Gasteiger partial charge in [-0.3, -0.25) is 9.59 Å². The summed E-state index contributed by atoms with van der Waals surface area (Å²) in [6, 6.07) is 0. The highest BCUT2D eigenvalue weighted by Crippen LogP contribution is 2.27. The summed E-state index contributed by atoms with van der Waals surface area (Å²) in [5.41, 5.74) is 0.483. The molecule has 0 amide bonds. The van der Waals surface area contributed by atoms with Crippen molar-refractivity contribution in [2.24, 2.45) is 22.7 Å². The Morgan fingerprint density at radius 3 is 1.68 bits per heavy atom. The van der Waals surface area contributed by atoms with Crippen molar-refractivity contribution >= 4 is 24.0 Å². The molecular formula is C22H42O5S. The minimum Gasteiger partial charge on any atom is -0.466 e. The summed E-state index contributed by atoms with van der Waals surface area (Å²) in [7, 11) is 0. The van der Waals surface area contributed by atoms with E-state index in [1.54, 1.807) is 0 Å². The van der Waals surface area contributed by atoms with Crippen LogP contribution in [0.25, 0.3) is 0 Å². The van der Waals surface area contributed by atoms with Crippen molar-refractivity contribution in [3.05, 3.63) is 0 Å². The molecule has 0 fully saturated rings. The van der Waals surface area contributed by atoms with Gasteiger partial charge in [-0.05, 0) is 48.3 Å². The summed E-state index contributed by atoms with van der Waals surface area (Å²) in [6.45, 7) is 18.0. The summed E-state index contributed by atoms with van der Waals surface area (Å²) in [5, 5.41) is -0.933. The quantitative estimate of drug-likeness (QED) is 0.311. The van der Waals surface area contributed by atoms with Gasteiger partial charge in [0.05, 0.1) is 19.6 Å². The van der Waals surface area contributed by atoms with Gasteiger partial charge in [0.15, 0.2) is 0 Å². The average molecular weight is 419 g/mol. The summed E-state index contributed by atoms with van der Waals surface area (Å²) < 4.78 is 19.8. The first-order valence-electron chi connectivity index (χ1n) is 10.4. The summed E-state index contributed by atoms with van der Waals surface area (Å²) >= 11 is 0.347. The highest BCUT2D eigenvalue weighted by atomic mass is 32.2. The van der Waals surface area contributed by atoms with E-state index in [9.17, 15) is 14.1 Å². The lowest BCUT2D eigenvalue weighted by Gasteiger charge is -2.23. The Kier molecular flexibility index (Phi) is 12.4. The van der Waals surface area contributed by atoms with E-state index >= 15 is 0 Å². The molecule has 3 unspecified atom stereocenters. The van der Waals surface area contributed by atoms with Crippen LogP contribution in [-0.4, -0.2) is 35.0 Å². The Morgan fingerprint density at radius 1 is 0.857 bits per heavy atom. The summed E-state index contributed by atoms with van der Waals surface area (Å²) in [4.78, 5) is 24.1. The molecule has 0 aromatic heterocycles. The largest absolute Gasteiger partial charge is 0.466 e. The summed E-state index contributed by atoms with van der Waals surface area (Å²) in [5.74, 6) is -0.148. The lowest BCUT2D eigenvalue weighted by Crippen LogP contribution is -2.25. The van der Waals surface area contributed by atoms with Gasteiger partial charge in [-0.1, -0.05) is 55.4 Å². The molecule has 0 saturated carbocycles. The van der Waals surface area contributed by atoms with E-state index in [0.717, 1.165) is 25.7 Å². The Morgan fingerprint density at radius 2 is 1.29 bits per heavy atom. The lowest BCUT2D eigenvalue weighted by molar-refractivity contribution is -0.150. The molecule has 0 bridgehead atoms. The number of esters is 2. The molecule has 0 spiro atoms. The number of hydrogen-bond donors (Lipinski definition) is 1. The molecule has 0 aromatic rings. The maximum absolute atomic E-state index is 12.1. The van der Waals surface area contributed by atoms with Crippen molar-refractivity contribution in [3.8, 4) is 0 Å². The maximum atomic E-state index is 12.1. The van der Waals surface area contributed by atoms with Crippen LogP contribution in [0.3, 0.4) is 0 Å². The second-order valence-corrected chi connectivity index (χ2v) is 11.3. The minimum atomic E-state index is -0.933. The first-order chi connectivity index (χ1) is 12.7. The van der Waals surface area contributed by atoms with Crippen molar-refractivity contribution in [3.63, 3.8) is 0 Å². The van der Waals surface area contributed by atoms with E-state index in [0.29, 0.717) is 37.1 Å². The number of hydrogen-bond acceptors (Lipinski definition) is 6. The number of carbonyl (C=O) groups excluding carboxylic acids is 2. The Bertz CT molecular complexity index is 465. The molecule has 6 heteroatoms. The predicted molar refractivity (Wildman–Crippen MR) is 116 cm³/mol. The zero-order valence-corrected chi connectivity index (χ0v) is 20.0. The van der Waals surface area contributed by atoms with Gasteiger partial charge in [0.1, 0.15) is 5.25 Å². The molecule has 0 aliphatic heterocycles. The highest BCUT2D eigenvalue weighted by molar-refractivity contribution is 7.95. The van der Waals surface area contributed by atoms with Crippen LogP contribution in [0.4, 0.5) is 0 Å². The van der Waals surface area contributed by atoms with E-state index < -0.39 is 17.2 Å². The van der Waals surface area contributed by atoms with Crippen LogP contribution in [0.1, 0.15) is 87.5 Å². The molecule has 5 nitrogen and oxygen atoms in total. The fraction of sp³-hybridized carbons (Fsp3) is 0.909. The zero-order valence-electron chi connectivity index (χ0n) is 19.2. The first-order valence-corrected chi connectivity index (χ1v) is 11.2. The number of ether oxygens (including phenoxy) is 2. The van der Waals surface area contributed by atoms with Crippen molar-refractivity contribution < 1.29 is 23.6 Å². The van der Waals surface area contributed by atoms with E-state index in [4.69, 9.17) is 9.47 Å². The second kappa shape index (κ2) is 12.7. The standard InChI is InChI=1S/C22H42O5S/c1-16(14-21(3,4)5)9-11-26-19(23)13-18(28-25)20(24)27-12-10-17(2)15-22(6,7)8/h16-18,25H,9-15H2,1-8H3. The Balaban J connectivity index is 4.16. The number of rotatable bonds is 12. The third-order valence-corrected chi connectivity index (χ3v) is 5.01. The third kappa shape index (κ3) is 15.2. The molecule has 1 N–H and O–H groups in total. The van der Waals surface area contributed by atoms with Crippen LogP contribution in [0, 0.1) is 22.7 Å². The van der Waals surface area contributed by atoms with Crippen molar-refractivity contribution in [1.29, 1.82) is 0 Å². The van der Waals surface area contributed by atoms with E-state index in [1.165, 1.54) is 0 Å². The Labute approximate surface area is 176 Å². The van der Waals surface area contributed by atoms with Gasteiger partial charge in [-0.25, -0.2) is 0 Å². The van der Waals surface area contributed by atoms with Crippen LogP contribution in [0.15, 0.2) is 0 Å². The average Bonchev–Trinajstić information content (AvgIpc) is 2.48. The molecule has 0 aliphatic carbocycles. The topological polar surface area (TPSA) is 72.8 Å².